The summed E-state index contributed by atoms with van der Waals surface area (Å²) in [7, 11) is 0. The number of benzene rings is 1. The molecule has 0 spiro atoms. The van der Waals surface area contributed by atoms with Gasteiger partial charge >= 0.3 is 0 Å². The quantitative estimate of drug-likeness (QED) is 0.674. The van der Waals surface area contributed by atoms with Crippen molar-refractivity contribution in [3.05, 3.63) is 51.6 Å². The van der Waals surface area contributed by atoms with Crippen LogP contribution in [0.4, 0.5) is 0 Å². The fourth-order valence-corrected chi connectivity index (χ4v) is 2.20. The average Bonchev–Trinajstić information content (AvgIpc) is 2.43. The van der Waals surface area contributed by atoms with Gasteiger partial charge in [-0.2, -0.15) is 0 Å². The Morgan fingerprint density at radius 1 is 1.25 bits per heavy atom. The van der Waals surface area contributed by atoms with Crippen LogP contribution in [0, 0.1) is 0 Å². The molecule has 0 aliphatic carbocycles. The first kappa shape index (κ1) is 15.3. The molecular weight excluding hydrogens is 338 g/mol. The van der Waals surface area contributed by atoms with Gasteiger partial charge in [0.1, 0.15) is 5.75 Å². The second-order valence-corrected chi connectivity index (χ2v) is 6.62. The zero-order valence-electron chi connectivity index (χ0n) is 11.8. The molecule has 0 amide bonds. The van der Waals surface area contributed by atoms with E-state index in [1.807, 2.05) is 18.2 Å². The van der Waals surface area contributed by atoms with Crippen LogP contribution in [0.15, 0.2) is 41.0 Å². The summed E-state index contributed by atoms with van der Waals surface area (Å²) in [6.07, 6.45) is 2.75. The highest BCUT2D eigenvalue weighted by atomic mass is 79.9. The molecule has 2 rings (SSSR count). The summed E-state index contributed by atoms with van der Waals surface area (Å²) < 4.78 is 6.61. The van der Waals surface area contributed by atoms with Crippen LogP contribution in [-0.2, 0) is 5.41 Å². The van der Waals surface area contributed by atoms with Gasteiger partial charge in [-0.05, 0) is 51.5 Å². The summed E-state index contributed by atoms with van der Waals surface area (Å²) in [5.41, 5.74) is 1.32. The molecule has 0 saturated carbocycles. The van der Waals surface area contributed by atoms with Crippen LogP contribution >= 0.6 is 27.5 Å². The molecule has 1 aromatic carbocycles. The lowest BCUT2D eigenvalue weighted by molar-refractivity contribution is 0.460. The van der Waals surface area contributed by atoms with Gasteiger partial charge in [0.05, 0.1) is 5.02 Å². The zero-order valence-corrected chi connectivity index (χ0v) is 14.1. The molecular formula is C16H17BrClNO. The minimum atomic E-state index is 0.109. The molecule has 0 unspecified atom stereocenters. The van der Waals surface area contributed by atoms with Crippen molar-refractivity contribution >= 4 is 27.5 Å². The number of ether oxygens (including phenoxy) is 1. The monoisotopic (exact) mass is 353 g/mol. The lowest BCUT2D eigenvalue weighted by Crippen LogP contribution is -2.15. The smallest absolute Gasteiger partial charge is 0.219 e. The van der Waals surface area contributed by atoms with Crippen LogP contribution < -0.4 is 4.74 Å². The van der Waals surface area contributed by atoms with E-state index in [1.165, 1.54) is 5.56 Å². The molecule has 0 radical (unpaired) electrons. The van der Waals surface area contributed by atoms with Crippen molar-refractivity contribution in [3.8, 4) is 11.6 Å². The van der Waals surface area contributed by atoms with E-state index >= 15 is 0 Å². The molecule has 0 atom stereocenters. The van der Waals surface area contributed by atoms with E-state index in [-0.39, 0.29) is 5.41 Å². The van der Waals surface area contributed by atoms with Gasteiger partial charge < -0.3 is 4.74 Å². The van der Waals surface area contributed by atoms with Gasteiger partial charge in [0.15, 0.2) is 0 Å². The Bertz CT molecular complexity index is 596. The van der Waals surface area contributed by atoms with Crippen molar-refractivity contribution in [1.82, 2.24) is 4.98 Å². The standard InChI is InChI=1S/C16H17BrClNO/c1-4-16(2,3)11-5-7-14(13(18)9-11)20-15-8-6-12(17)10-19-15/h5-10H,4H2,1-3H3. The Labute approximate surface area is 133 Å². The molecule has 1 aromatic heterocycles. The van der Waals surface area contributed by atoms with Crippen molar-refractivity contribution in [2.24, 2.45) is 0 Å². The molecule has 0 fully saturated rings. The maximum absolute atomic E-state index is 6.31. The van der Waals surface area contributed by atoms with E-state index in [2.05, 4.69) is 47.8 Å². The molecule has 20 heavy (non-hydrogen) atoms. The van der Waals surface area contributed by atoms with E-state index in [1.54, 1.807) is 12.3 Å². The van der Waals surface area contributed by atoms with Crippen LogP contribution in [0.5, 0.6) is 11.6 Å². The maximum Gasteiger partial charge on any atom is 0.219 e. The maximum atomic E-state index is 6.31. The number of pyridine rings is 1. The molecule has 0 N–H and O–H groups in total. The Balaban J connectivity index is 2.24. The molecule has 0 aliphatic rings. The minimum absolute atomic E-state index is 0.109. The predicted octanol–water partition coefficient (Wildman–Crippen LogP) is 5.98. The third kappa shape index (κ3) is 3.53. The van der Waals surface area contributed by atoms with E-state index in [0.29, 0.717) is 16.7 Å². The Morgan fingerprint density at radius 2 is 2.00 bits per heavy atom. The number of hydrogen-bond acceptors (Lipinski definition) is 2. The lowest BCUT2D eigenvalue weighted by atomic mass is 9.82. The van der Waals surface area contributed by atoms with Crippen LogP contribution in [-0.4, -0.2) is 4.98 Å². The highest BCUT2D eigenvalue weighted by molar-refractivity contribution is 9.10. The average molecular weight is 355 g/mol. The van der Waals surface area contributed by atoms with Crippen LogP contribution in [0.25, 0.3) is 0 Å². The largest absolute Gasteiger partial charge is 0.437 e. The highest BCUT2D eigenvalue weighted by Crippen LogP contribution is 2.34. The summed E-state index contributed by atoms with van der Waals surface area (Å²) >= 11 is 9.65. The van der Waals surface area contributed by atoms with Gasteiger partial charge in [0.25, 0.3) is 0 Å². The van der Waals surface area contributed by atoms with E-state index in [0.717, 1.165) is 10.9 Å². The second-order valence-electron chi connectivity index (χ2n) is 5.30. The molecule has 4 heteroatoms. The van der Waals surface area contributed by atoms with E-state index < -0.39 is 0 Å². The lowest BCUT2D eigenvalue weighted by Gasteiger charge is -2.23. The zero-order chi connectivity index (χ0) is 14.8. The van der Waals surface area contributed by atoms with Crippen molar-refractivity contribution in [2.45, 2.75) is 32.6 Å². The van der Waals surface area contributed by atoms with Crippen molar-refractivity contribution in [3.63, 3.8) is 0 Å². The van der Waals surface area contributed by atoms with Gasteiger partial charge in [-0.25, -0.2) is 4.98 Å². The molecule has 0 bridgehead atoms. The summed E-state index contributed by atoms with van der Waals surface area (Å²) in [4.78, 5) is 4.17. The first-order valence-corrected chi connectivity index (χ1v) is 7.69. The first-order chi connectivity index (χ1) is 9.42. The Morgan fingerprint density at radius 3 is 2.55 bits per heavy atom. The molecule has 0 aliphatic heterocycles. The minimum Gasteiger partial charge on any atom is -0.437 e. The Hall–Kier alpha value is -1.06. The van der Waals surface area contributed by atoms with E-state index in [4.69, 9.17) is 16.3 Å². The van der Waals surface area contributed by atoms with E-state index in [9.17, 15) is 0 Å². The fourth-order valence-electron chi connectivity index (χ4n) is 1.74. The van der Waals surface area contributed by atoms with Crippen LogP contribution in [0.1, 0.15) is 32.8 Å². The summed E-state index contributed by atoms with van der Waals surface area (Å²) in [5.74, 6) is 1.15. The topological polar surface area (TPSA) is 22.1 Å². The SMILES string of the molecule is CCC(C)(C)c1ccc(Oc2ccc(Br)cn2)c(Cl)c1. The van der Waals surface area contributed by atoms with Crippen molar-refractivity contribution in [2.75, 3.05) is 0 Å². The molecule has 2 nitrogen and oxygen atoms in total. The van der Waals surface area contributed by atoms with Crippen LogP contribution in [0.3, 0.4) is 0 Å². The fraction of sp³-hybridized carbons (Fsp3) is 0.312. The van der Waals surface area contributed by atoms with Crippen LogP contribution in [0.2, 0.25) is 5.02 Å². The third-order valence-electron chi connectivity index (χ3n) is 3.51. The van der Waals surface area contributed by atoms with Gasteiger partial charge in [-0.1, -0.05) is 38.4 Å². The normalized spacial score (nSPS) is 11.4. The van der Waals surface area contributed by atoms with Gasteiger partial charge in [-0.15, -0.1) is 0 Å². The molecule has 2 aromatic rings. The third-order valence-corrected chi connectivity index (χ3v) is 4.28. The summed E-state index contributed by atoms with van der Waals surface area (Å²) in [5, 5.41) is 0.605. The summed E-state index contributed by atoms with van der Waals surface area (Å²) in [6.45, 7) is 6.58. The van der Waals surface area contributed by atoms with Crippen molar-refractivity contribution in [1.29, 1.82) is 0 Å². The molecule has 1 heterocycles. The van der Waals surface area contributed by atoms with Crippen molar-refractivity contribution < 1.29 is 4.74 Å². The number of aromatic nitrogens is 1. The Kier molecular flexibility index (Phi) is 4.71. The number of nitrogens with zero attached hydrogens (tertiary/aromatic N) is 1. The highest BCUT2D eigenvalue weighted by Gasteiger charge is 2.19. The first-order valence-electron chi connectivity index (χ1n) is 6.52. The van der Waals surface area contributed by atoms with Gasteiger partial charge in [0.2, 0.25) is 5.88 Å². The predicted molar refractivity (Wildman–Crippen MR) is 86.8 cm³/mol. The number of rotatable bonds is 4. The van der Waals surface area contributed by atoms with Gasteiger partial charge in [0, 0.05) is 16.7 Å². The number of hydrogen-bond donors (Lipinski definition) is 0. The molecule has 0 saturated heterocycles. The second kappa shape index (κ2) is 6.15. The van der Waals surface area contributed by atoms with Gasteiger partial charge in [-0.3, -0.25) is 0 Å². The molecule has 106 valence electrons. The summed E-state index contributed by atoms with van der Waals surface area (Å²) in [6, 6.07) is 9.61. The number of halogens is 2.